The number of rotatable bonds is 3. The first-order chi connectivity index (χ1) is 13.2. The number of benzene rings is 3. The summed E-state index contributed by atoms with van der Waals surface area (Å²) in [5.41, 5.74) is 2.79. The Hall–Kier alpha value is -2.95. The van der Waals surface area contributed by atoms with Crippen molar-refractivity contribution in [3.8, 4) is 0 Å². The van der Waals surface area contributed by atoms with Crippen molar-refractivity contribution in [1.29, 1.82) is 0 Å². The van der Waals surface area contributed by atoms with E-state index in [4.69, 9.17) is 23.8 Å². The molecule has 0 bridgehead atoms. The van der Waals surface area contributed by atoms with E-state index in [-0.39, 0.29) is 5.91 Å². The molecule has 1 aliphatic heterocycles. The third-order valence-corrected chi connectivity index (χ3v) is 4.98. The molecule has 1 amide bonds. The van der Waals surface area contributed by atoms with E-state index in [9.17, 15) is 4.79 Å². The summed E-state index contributed by atoms with van der Waals surface area (Å²) in [6, 6.07) is 26.4. The number of para-hydroxylation sites is 2. The lowest BCUT2D eigenvalue weighted by Crippen LogP contribution is -2.32. The van der Waals surface area contributed by atoms with Crippen LogP contribution in [0.4, 0.5) is 11.4 Å². The number of hydrogen-bond acceptors (Lipinski definition) is 2. The van der Waals surface area contributed by atoms with Crippen molar-refractivity contribution in [2.75, 3.05) is 9.80 Å². The Bertz CT molecular complexity index is 1030. The minimum Gasteiger partial charge on any atom is -0.281 e. The van der Waals surface area contributed by atoms with Crippen molar-refractivity contribution >= 4 is 52.3 Å². The molecule has 1 saturated heterocycles. The molecule has 1 fully saturated rings. The van der Waals surface area contributed by atoms with Gasteiger partial charge in [-0.25, -0.2) is 0 Å². The fourth-order valence-corrected chi connectivity index (χ4v) is 3.58. The number of nitrogens with zero attached hydrogens (tertiary/aromatic N) is 2. The van der Waals surface area contributed by atoms with Gasteiger partial charge >= 0.3 is 0 Å². The molecule has 3 nitrogen and oxygen atoms in total. The molecule has 1 aliphatic rings. The van der Waals surface area contributed by atoms with Crippen LogP contribution in [0.2, 0.25) is 5.02 Å². The number of anilines is 2. The monoisotopic (exact) mass is 390 g/mol. The highest BCUT2D eigenvalue weighted by molar-refractivity contribution is 7.81. The SMILES string of the molecule is O=C1C(=Cc2ccccc2Cl)N(c2ccccc2)C(=S)N1c1ccccc1. The first-order valence-corrected chi connectivity index (χ1v) is 9.20. The van der Waals surface area contributed by atoms with E-state index >= 15 is 0 Å². The van der Waals surface area contributed by atoms with Crippen LogP contribution in [-0.4, -0.2) is 11.0 Å². The van der Waals surface area contributed by atoms with E-state index < -0.39 is 0 Å². The minimum absolute atomic E-state index is 0.185. The van der Waals surface area contributed by atoms with Crippen LogP contribution < -0.4 is 9.80 Å². The van der Waals surface area contributed by atoms with Crippen LogP contribution in [0.1, 0.15) is 5.56 Å². The third kappa shape index (κ3) is 3.25. The van der Waals surface area contributed by atoms with Gasteiger partial charge in [0.1, 0.15) is 5.70 Å². The van der Waals surface area contributed by atoms with E-state index in [0.29, 0.717) is 15.8 Å². The van der Waals surface area contributed by atoms with Gasteiger partial charge in [-0.15, -0.1) is 0 Å². The van der Waals surface area contributed by atoms with Crippen LogP contribution in [-0.2, 0) is 4.79 Å². The van der Waals surface area contributed by atoms with E-state index in [0.717, 1.165) is 16.9 Å². The van der Waals surface area contributed by atoms with Gasteiger partial charge < -0.3 is 0 Å². The van der Waals surface area contributed by atoms with Gasteiger partial charge in [-0.1, -0.05) is 66.2 Å². The molecule has 0 N–H and O–H groups in total. The molecular formula is C22H15ClN2OS. The smallest absolute Gasteiger partial charge is 0.281 e. The molecule has 132 valence electrons. The summed E-state index contributed by atoms with van der Waals surface area (Å²) in [5.74, 6) is -0.185. The normalized spacial score (nSPS) is 15.7. The second-order valence-corrected chi connectivity index (χ2v) is 6.75. The molecule has 3 aromatic rings. The quantitative estimate of drug-likeness (QED) is 0.434. The van der Waals surface area contributed by atoms with E-state index in [2.05, 4.69) is 0 Å². The van der Waals surface area contributed by atoms with Gasteiger partial charge in [0.25, 0.3) is 5.91 Å². The molecule has 27 heavy (non-hydrogen) atoms. The van der Waals surface area contributed by atoms with Gasteiger partial charge in [0, 0.05) is 10.7 Å². The summed E-state index contributed by atoms with van der Waals surface area (Å²) in [6.45, 7) is 0. The van der Waals surface area contributed by atoms with Crippen molar-refractivity contribution in [1.82, 2.24) is 0 Å². The lowest BCUT2D eigenvalue weighted by Gasteiger charge is -2.20. The molecule has 0 aliphatic carbocycles. The average molecular weight is 391 g/mol. The highest BCUT2D eigenvalue weighted by Crippen LogP contribution is 2.33. The van der Waals surface area contributed by atoms with Crippen LogP contribution in [0.5, 0.6) is 0 Å². The van der Waals surface area contributed by atoms with Gasteiger partial charge in [-0.2, -0.15) is 0 Å². The van der Waals surface area contributed by atoms with Gasteiger partial charge in [-0.05, 0) is 54.2 Å². The van der Waals surface area contributed by atoms with Gasteiger partial charge in [0.15, 0.2) is 5.11 Å². The largest absolute Gasteiger partial charge is 0.281 e. The number of halogens is 1. The molecule has 0 atom stereocenters. The van der Waals surface area contributed by atoms with Gasteiger partial charge in [0.2, 0.25) is 0 Å². The second kappa shape index (κ2) is 7.35. The molecule has 0 aromatic heterocycles. The molecule has 4 rings (SSSR count). The lowest BCUT2D eigenvalue weighted by molar-refractivity contribution is -0.113. The summed E-state index contributed by atoms with van der Waals surface area (Å²) in [5, 5.41) is 0.991. The zero-order chi connectivity index (χ0) is 18.8. The zero-order valence-corrected chi connectivity index (χ0v) is 15.8. The Morgan fingerprint density at radius 3 is 1.85 bits per heavy atom. The fraction of sp³-hybridized carbons (Fsp3) is 0. The Kier molecular flexibility index (Phi) is 4.75. The van der Waals surface area contributed by atoms with Crippen LogP contribution >= 0.6 is 23.8 Å². The summed E-state index contributed by atoms with van der Waals surface area (Å²) >= 11 is 12.0. The molecule has 0 unspecified atom stereocenters. The Balaban J connectivity index is 1.87. The Morgan fingerprint density at radius 2 is 1.26 bits per heavy atom. The predicted molar refractivity (Wildman–Crippen MR) is 115 cm³/mol. The van der Waals surface area contributed by atoms with Gasteiger partial charge in [-0.3, -0.25) is 14.6 Å². The molecule has 1 heterocycles. The van der Waals surface area contributed by atoms with Crippen LogP contribution in [0.25, 0.3) is 6.08 Å². The lowest BCUT2D eigenvalue weighted by atomic mass is 10.1. The molecule has 0 spiro atoms. The maximum Gasteiger partial charge on any atom is 0.281 e. The number of amides is 1. The van der Waals surface area contributed by atoms with Crippen molar-refractivity contribution in [2.24, 2.45) is 0 Å². The van der Waals surface area contributed by atoms with Gasteiger partial charge in [0.05, 0.1) is 5.69 Å². The minimum atomic E-state index is -0.185. The zero-order valence-electron chi connectivity index (χ0n) is 14.2. The van der Waals surface area contributed by atoms with E-state index in [1.54, 1.807) is 21.9 Å². The van der Waals surface area contributed by atoms with E-state index in [1.165, 1.54) is 0 Å². The van der Waals surface area contributed by atoms with Crippen LogP contribution in [0, 0.1) is 0 Å². The summed E-state index contributed by atoms with van der Waals surface area (Å²) in [7, 11) is 0. The highest BCUT2D eigenvalue weighted by atomic mass is 35.5. The standard InChI is InChI=1S/C22H15ClN2OS/c23-19-14-8-7-9-16(19)15-20-21(26)25(18-12-5-2-6-13-18)22(27)24(20)17-10-3-1-4-11-17/h1-15H. The molecule has 3 aromatic carbocycles. The van der Waals surface area contributed by atoms with Crippen molar-refractivity contribution < 1.29 is 4.79 Å². The number of carbonyl (C=O) groups is 1. The highest BCUT2D eigenvalue weighted by Gasteiger charge is 2.39. The molecule has 5 heteroatoms. The predicted octanol–water partition coefficient (Wildman–Crippen LogP) is 5.52. The second-order valence-electron chi connectivity index (χ2n) is 5.98. The maximum atomic E-state index is 13.3. The first-order valence-electron chi connectivity index (χ1n) is 8.41. The molecule has 0 saturated carbocycles. The number of hydrogen-bond donors (Lipinski definition) is 0. The molecular weight excluding hydrogens is 376 g/mol. The Morgan fingerprint density at radius 1 is 0.741 bits per heavy atom. The Labute approximate surface area is 168 Å². The first kappa shape index (κ1) is 17.5. The maximum absolute atomic E-state index is 13.3. The van der Waals surface area contributed by atoms with Crippen molar-refractivity contribution in [3.63, 3.8) is 0 Å². The third-order valence-electron chi connectivity index (χ3n) is 4.27. The fourth-order valence-electron chi connectivity index (χ4n) is 3.00. The van der Waals surface area contributed by atoms with Crippen molar-refractivity contribution in [3.05, 3.63) is 101 Å². The summed E-state index contributed by atoms with van der Waals surface area (Å²) in [6.07, 6.45) is 1.78. The van der Waals surface area contributed by atoms with Crippen LogP contribution in [0.3, 0.4) is 0 Å². The molecule has 0 radical (unpaired) electrons. The number of thiocarbonyl (C=S) groups is 1. The summed E-state index contributed by atoms with van der Waals surface area (Å²) in [4.78, 5) is 16.6. The summed E-state index contributed by atoms with van der Waals surface area (Å²) < 4.78 is 0. The van der Waals surface area contributed by atoms with Crippen LogP contribution in [0.15, 0.2) is 90.6 Å². The van der Waals surface area contributed by atoms with E-state index in [1.807, 2.05) is 78.9 Å². The average Bonchev–Trinajstić information content (AvgIpc) is 2.95. The van der Waals surface area contributed by atoms with Crippen molar-refractivity contribution in [2.45, 2.75) is 0 Å². The number of carbonyl (C=O) groups excluding carboxylic acids is 1. The topological polar surface area (TPSA) is 23.6 Å².